The Morgan fingerprint density at radius 2 is 1.74 bits per heavy atom. The number of carbonyl (C=O) groups is 1. The molecule has 3 aromatic rings. The molecule has 0 unspecified atom stereocenters. The molecule has 0 aliphatic carbocycles. The van der Waals surface area contributed by atoms with E-state index in [9.17, 15) is 9.59 Å². The van der Waals surface area contributed by atoms with Crippen molar-refractivity contribution in [1.82, 2.24) is 24.3 Å². The second-order valence-electron chi connectivity index (χ2n) is 6.65. The van der Waals surface area contributed by atoms with Crippen LogP contribution in [0.5, 0.6) is 0 Å². The molecular formula is C20H21N5O2. The van der Waals surface area contributed by atoms with Gasteiger partial charge in [-0.25, -0.2) is 4.98 Å². The van der Waals surface area contributed by atoms with Crippen LogP contribution >= 0.6 is 0 Å². The third kappa shape index (κ3) is 3.88. The van der Waals surface area contributed by atoms with Crippen molar-refractivity contribution in [3.8, 4) is 0 Å². The summed E-state index contributed by atoms with van der Waals surface area (Å²) in [6, 6.07) is 13.3. The number of hydrogen-bond donors (Lipinski definition) is 0. The number of piperazine rings is 1. The summed E-state index contributed by atoms with van der Waals surface area (Å²) in [6.45, 7) is 3.74. The zero-order valence-corrected chi connectivity index (χ0v) is 15.0. The van der Waals surface area contributed by atoms with Gasteiger partial charge in [0.1, 0.15) is 6.54 Å². The van der Waals surface area contributed by atoms with Crippen LogP contribution in [0.4, 0.5) is 0 Å². The molecule has 4 rings (SSSR count). The molecule has 2 aromatic heterocycles. The SMILES string of the molecule is O=C(Cn1c(=O)cnc2ccccc21)N1CCN(Cc2ccccn2)CC1. The summed E-state index contributed by atoms with van der Waals surface area (Å²) in [5.74, 6) is -0.0362. The van der Waals surface area contributed by atoms with Gasteiger partial charge in [-0.3, -0.25) is 24.0 Å². The molecule has 1 aliphatic heterocycles. The molecule has 0 atom stereocenters. The molecule has 0 saturated carbocycles. The molecule has 27 heavy (non-hydrogen) atoms. The first kappa shape index (κ1) is 17.4. The van der Waals surface area contributed by atoms with Crippen molar-refractivity contribution in [2.24, 2.45) is 0 Å². The van der Waals surface area contributed by atoms with E-state index in [1.54, 1.807) is 6.20 Å². The van der Waals surface area contributed by atoms with Gasteiger partial charge < -0.3 is 4.90 Å². The summed E-state index contributed by atoms with van der Waals surface area (Å²) in [5.41, 5.74) is 2.18. The fraction of sp³-hybridized carbons (Fsp3) is 0.300. The number of aromatic nitrogens is 3. The Morgan fingerprint density at radius 3 is 2.52 bits per heavy atom. The highest BCUT2D eigenvalue weighted by Gasteiger charge is 2.22. The smallest absolute Gasteiger partial charge is 0.269 e. The molecule has 3 heterocycles. The number of pyridine rings is 1. The minimum atomic E-state index is -0.254. The van der Waals surface area contributed by atoms with Crippen LogP contribution in [0, 0.1) is 0 Å². The van der Waals surface area contributed by atoms with E-state index < -0.39 is 0 Å². The van der Waals surface area contributed by atoms with Gasteiger partial charge in [0.25, 0.3) is 5.56 Å². The van der Waals surface area contributed by atoms with Crippen LogP contribution in [-0.2, 0) is 17.9 Å². The molecule has 1 fully saturated rings. The Bertz CT molecular complexity index is 994. The van der Waals surface area contributed by atoms with Gasteiger partial charge in [-0.05, 0) is 24.3 Å². The van der Waals surface area contributed by atoms with Crippen LogP contribution in [0.2, 0.25) is 0 Å². The predicted molar refractivity (Wildman–Crippen MR) is 102 cm³/mol. The third-order valence-electron chi connectivity index (χ3n) is 4.88. The highest BCUT2D eigenvalue weighted by atomic mass is 16.2. The molecule has 7 heteroatoms. The van der Waals surface area contributed by atoms with E-state index in [-0.39, 0.29) is 18.0 Å². The first-order chi connectivity index (χ1) is 13.2. The van der Waals surface area contributed by atoms with Crippen molar-refractivity contribution >= 4 is 16.9 Å². The summed E-state index contributed by atoms with van der Waals surface area (Å²) in [7, 11) is 0. The van der Waals surface area contributed by atoms with Crippen LogP contribution < -0.4 is 5.56 Å². The van der Waals surface area contributed by atoms with Crippen molar-refractivity contribution in [3.05, 3.63) is 70.9 Å². The zero-order chi connectivity index (χ0) is 18.6. The van der Waals surface area contributed by atoms with Crippen LogP contribution in [-0.4, -0.2) is 56.4 Å². The van der Waals surface area contributed by atoms with E-state index >= 15 is 0 Å². The fourth-order valence-electron chi connectivity index (χ4n) is 3.39. The first-order valence-corrected chi connectivity index (χ1v) is 9.05. The van der Waals surface area contributed by atoms with Crippen LogP contribution in [0.1, 0.15) is 5.69 Å². The molecule has 0 spiro atoms. The Morgan fingerprint density at radius 1 is 0.963 bits per heavy atom. The maximum Gasteiger partial charge on any atom is 0.269 e. The second-order valence-corrected chi connectivity index (χ2v) is 6.65. The van der Waals surface area contributed by atoms with E-state index in [0.29, 0.717) is 24.1 Å². The maximum atomic E-state index is 12.7. The first-order valence-electron chi connectivity index (χ1n) is 9.05. The summed E-state index contributed by atoms with van der Waals surface area (Å²) in [4.78, 5) is 37.6. The van der Waals surface area contributed by atoms with Crippen molar-refractivity contribution in [1.29, 1.82) is 0 Å². The lowest BCUT2D eigenvalue weighted by Crippen LogP contribution is -2.49. The summed E-state index contributed by atoms with van der Waals surface area (Å²) >= 11 is 0. The molecule has 1 saturated heterocycles. The molecule has 1 amide bonds. The van der Waals surface area contributed by atoms with Crippen molar-refractivity contribution in [2.45, 2.75) is 13.1 Å². The molecule has 1 aliphatic rings. The predicted octanol–water partition coefficient (Wildman–Crippen LogP) is 1.14. The lowest BCUT2D eigenvalue weighted by molar-refractivity contribution is -0.133. The number of carbonyl (C=O) groups excluding carboxylic acids is 1. The lowest BCUT2D eigenvalue weighted by atomic mass is 10.2. The number of rotatable bonds is 4. The summed E-state index contributed by atoms with van der Waals surface area (Å²) < 4.78 is 1.50. The van der Waals surface area contributed by atoms with Crippen molar-refractivity contribution < 1.29 is 4.79 Å². The second kappa shape index (κ2) is 7.67. The fourth-order valence-corrected chi connectivity index (χ4v) is 3.39. The van der Waals surface area contributed by atoms with Gasteiger partial charge in [-0.2, -0.15) is 0 Å². The van der Waals surface area contributed by atoms with Crippen LogP contribution in [0.15, 0.2) is 59.7 Å². The monoisotopic (exact) mass is 363 g/mol. The number of benzene rings is 1. The topological polar surface area (TPSA) is 71.3 Å². The highest BCUT2D eigenvalue weighted by Crippen LogP contribution is 2.10. The zero-order valence-electron chi connectivity index (χ0n) is 15.0. The molecule has 0 radical (unpaired) electrons. The number of fused-ring (bicyclic) bond motifs is 1. The molecule has 138 valence electrons. The number of amides is 1. The van der Waals surface area contributed by atoms with Gasteiger partial charge in [0.05, 0.1) is 22.9 Å². The lowest BCUT2D eigenvalue weighted by Gasteiger charge is -2.34. The summed E-state index contributed by atoms with van der Waals surface area (Å²) in [5, 5.41) is 0. The standard InChI is InChI=1S/C20H21N5O2/c26-19-13-22-17-6-1-2-7-18(17)25(19)15-20(27)24-11-9-23(10-12-24)14-16-5-3-4-8-21-16/h1-8,13H,9-12,14-15H2. The van der Waals surface area contributed by atoms with E-state index in [1.807, 2.05) is 47.4 Å². The number of nitrogens with zero attached hydrogens (tertiary/aromatic N) is 5. The number of hydrogen-bond acceptors (Lipinski definition) is 5. The van der Waals surface area contributed by atoms with E-state index in [0.717, 1.165) is 25.3 Å². The van der Waals surface area contributed by atoms with Crippen molar-refractivity contribution in [3.63, 3.8) is 0 Å². The Hall–Kier alpha value is -3.06. The average Bonchev–Trinajstić information content (AvgIpc) is 2.71. The van der Waals surface area contributed by atoms with Crippen LogP contribution in [0.25, 0.3) is 11.0 Å². The number of para-hydroxylation sites is 2. The van der Waals surface area contributed by atoms with Gasteiger partial charge in [0, 0.05) is 38.9 Å². The van der Waals surface area contributed by atoms with Gasteiger partial charge in [-0.15, -0.1) is 0 Å². The molecule has 7 nitrogen and oxygen atoms in total. The van der Waals surface area contributed by atoms with Gasteiger partial charge in [-0.1, -0.05) is 18.2 Å². The van der Waals surface area contributed by atoms with E-state index in [4.69, 9.17) is 0 Å². The Labute approximate surface area is 156 Å². The molecular weight excluding hydrogens is 342 g/mol. The van der Waals surface area contributed by atoms with Gasteiger partial charge in [0.2, 0.25) is 5.91 Å². The largest absolute Gasteiger partial charge is 0.339 e. The Balaban J connectivity index is 1.40. The third-order valence-corrected chi connectivity index (χ3v) is 4.88. The summed E-state index contributed by atoms with van der Waals surface area (Å²) in [6.07, 6.45) is 3.08. The van der Waals surface area contributed by atoms with Gasteiger partial charge in [0.15, 0.2) is 0 Å². The average molecular weight is 363 g/mol. The van der Waals surface area contributed by atoms with Crippen LogP contribution in [0.3, 0.4) is 0 Å². The van der Waals surface area contributed by atoms with Crippen molar-refractivity contribution in [2.75, 3.05) is 26.2 Å². The van der Waals surface area contributed by atoms with E-state index in [2.05, 4.69) is 14.9 Å². The molecule has 1 aromatic carbocycles. The maximum absolute atomic E-state index is 12.7. The van der Waals surface area contributed by atoms with E-state index in [1.165, 1.54) is 10.8 Å². The quantitative estimate of drug-likeness (QED) is 0.695. The minimum absolute atomic E-state index is 0.0362. The normalized spacial score (nSPS) is 15.2. The molecule has 0 bridgehead atoms. The molecule has 0 N–H and O–H groups in total. The minimum Gasteiger partial charge on any atom is -0.339 e. The Kier molecular flexibility index (Phi) is 4.93. The van der Waals surface area contributed by atoms with Gasteiger partial charge >= 0.3 is 0 Å². The highest BCUT2D eigenvalue weighted by molar-refractivity contribution is 5.80.